The number of amides is 1. The zero-order valence-corrected chi connectivity index (χ0v) is 12.9. The van der Waals surface area contributed by atoms with Crippen molar-refractivity contribution in [1.29, 1.82) is 0 Å². The van der Waals surface area contributed by atoms with Gasteiger partial charge in [-0.15, -0.1) is 0 Å². The summed E-state index contributed by atoms with van der Waals surface area (Å²) in [4.78, 5) is 14.7. The summed E-state index contributed by atoms with van der Waals surface area (Å²) < 4.78 is 10.7. The number of ether oxygens (including phenoxy) is 2. The molecule has 6 nitrogen and oxygen atoms in total. The van der Waals surface area contributed by atoms with E-state index in [2.05, 4.69) is 5.32 Å². The summed E-state index contributed by atoms with van der Waals surface area (Å²) in [5, 5.41) is 13.2. The molecule has 22 heavy (non-hydrogen) atoms. The number of rotatable bonds is 2. The Morgan fingerprint density at radius 1 is 1.41 bits per heavy atom. The molecule has 1 saturated heterocycles. The number of phenolic OH excluding ortho intramolecular Hbond substituents is 1. The molecular formula is C16H20N2O4. The first kappa shape index (κ1) is 14.7. The Labute approximate surface area is 129 Å². The summed E-state index contributed by atoms with van der Waals surface area (Å²) in [7, 11) is 3.08. The smallest absolute Gasteiger partial charge is 0.256 e. The van der Waals surface area contributed by atoms with Gasteiger partial charge in [-0.1, -0.05) is 11.6 Å². The Kier molecular flexibility index (Phi) is 3.70. The molecule has 0 radical (unpaired) electrons. The highest BCUT2D eigenvalue weighted by molar-refractivity contribution is 6.02. The van der Waals surface area contributed by atoms with Crippen LogP contribution in [0, 0.1) is 0 Å². The quantitative estimate of drug-likeness (QED) is 0.817. The standard InChI is InChI=1S/C16H20N2O4/c1-4-9-5-12-15(22-3)17-11-7-13(19)14(21-2)6-10(11)16(20)18(12)8-9/h4,6-7,12,15,17,19H,5,8H2,1-3H3/t12-,15?/m1/s1. The summed E-state index contributed by atoms with van der Waals surface area (Å²) in [5.41, 5.74) is 2.26. The molecule has 1 fully saturated rings. The minimum absolute atomic E-state index is 0.00685. The first-order valence-corrected chi connectivity index (χ1v) is 7.24. The van der Waals surface area contributed by atoms with Gasteiger partial charge in [0, 0.05) is 19.7 Å². The summed E-state index contributed by atoms with van der Waals surface area (Å²) in [6.45, 7) is 2.58. The second-order valence-corrected chi connectivity index (χ2v) is 5.52. The average Bonchev–Trinajstić information content (AvgIpc) is 2.92. The number of phenols is 1. The maximum Gasteiger partial charge on any atom is 0.256 e. The Morgan fingerprint density at radius 3 is 2.82 bits per heavy atom. The molecule has 0 aliphatic carbocycles. The highest BCUT2D eigenvalue weighted by Crippen LogP contribution is 2.38. The molecule has 0 bridgehead atoms. The van der Waals surface area contributed by atoms with Crippen LogP contribution < -0.4 is 10.1 Å². The SMILES string of the molecule is CC=C1C[C@@H]2C(OC)Nc3cc(O)c(OC)cc3C(=O)N2C1. The normalized spacial score (nSPS) is 25.5. The van der Waals surface area contributed by atoms with Gasteiger partial charge in [-0.3, -0.25) is 4.79 Å². The predicted octanol–water partition coefficient (Wildman–Crippen LogP) is 1.96. The van der Waals surface area contributed by atoms with Crippen molar-refractivity contribution in [3.8, 4) is 11.5 Å². The van der Waals surface area contributed by atoms with Gasteiger partial charge >= 0.3 is 0 Å². The number of carbonyl (C=O) groups is 1. The van der Waals surface area contributed by atoms with Crippen molar-refractivity contribution in [2.24, 2.45) is 0 Å². The summed E-state index contributed by atoms with van der Waals surface area (Å²) in [6.07, 6.45) is 2.51. The van der Waals surface area contributed by atoms with Crippen molar-refractivity contribution in [3.05, 3.63) is 29.3 Å². The summed E-state index contributed by atoms with van der Waals surface area (Å²) >= 11 is 0. The minimum atomic E-state index is -0.324. The molecule has 6 heteroatoms. The number of hydrogen-bond donors (Lipinski definition) is 2. The fourth-order valence-electron chi connectivity index (χ4n) is 3.13. The molecule has 2 N–H and O–H groups in total. The van der Waals surface area contributed by atoms with E-state index in [9.17, 15) is 9.90 Å². The van der Waals surface area contributed by atoms with Gasteiger partial charge in [-0.05, 0) is 19.4 Å². The molecule has 1 aromatic carbocycles. The molecule has 3 rings (SSSR count). The second-order valence-electron chi connectivity index (χ2n) is 5.52. The molecule has 1 unspecified atom stereocenters. The van der Waals surface area contributed by atoms with E-state index >= 15 is 0 Å². The molecule has 0 spiro atoms. The number of allylic oxidation sites excluding steroid dienone is 1. The van der Waals surface area contributed by atoms with Crippen LogP contribution in [-0.2, 0) is 4.74 Å². The van der Waals surface area contributed by atoms with Crippen molar-refractivity contribution in [2.45, 2.75) is 25.6 Å². The largest absolute Gasteiger partial charge is 0.504 e. The van der Waals surface area contributed by atoms with E-state index in [1.165, 1.54) is 18.7 Å². The van der Waals surface area contributed by atoms with Crippen LogP contribution in [0.4, 0.5) is 5.69 Å². The maximum atomic E-state index is 12.9. The number of fused-ring (bicyclic) bond motifs is 2. The van der Waals surface area contributed by atoms with E-state index in [0.29, 0.717) is 17.8 Å². The number of hydrogen-bond acceptors (Lipinski definition) is 5. The predicted molar refractivity (Wildman–Crippen MR) is 82.3 cm³/mol. The Morgan fingerprint density at radius 2 is 2.18 bits per heavy atom. The van der Waals surface area contributed by atoms with Gasteiger partial charge in [-0.25, -0.2) is 0 Å². The van der Waals surface area contributed by atoms with Gasteiger partial charge in [0.15, 0.2) is 11.5 Å². The second kappa shape index (κ2) is 5.53. The Bertz CT molecular complexity index is 641. The van der Waals surface area contributed by atoms with Crippen molar-refractivity contribution < 1.29 is 19.4 Å². The molecule has 1 amide bonds. The molecule has 2 aliphatic rings. The van der Waals surface area contributed by atoms with E-state index in [-0.39, 0.29) is 29.7 Å². The summed E-state index contributed by atoms with van der Waals surface area (Å²) in [6, 6.07) is 3.02. The van der Waals surface area contributed by atoms with Crippen LogP contribution in [0.25, 0.3) is 0 Å². The highest BCUT2D eigenvalue weighted by atomic mass is 16.5. The van der Waals surface area contributed by atoms with Crippen LogP contribution in [0.3, 0.4) is 0 Å². The number of benzene rings is 1. The van der Waals surface area contributed by atoms with Crippen LogP contribution in [0.5, 0.6) is 11.5 Å². The van der Waals surface area contributed by atoms with Crippen LogP contribution in [-0.4, -0.2) is 48.9 Å². The minimum Gasteiger partial charge on any atom is -0.504 e. The van der Waals surface area contributed by atoms with Gasteiger partial charge in [0.05, 0.1) is 24.4 Å². The molecule has 118 valence electrons. The third-order valence-corrected chi connectivity index (χ3v) is 4.36. The van der Waals surface area contributed by atoms with Gasteiger partial charge < -0.3 is 24.8 Å². The monoisotopic (exact) mass is 304 g/mol. The van der Waals surface area contributed by atoms with Crippen molar-refractivity contribution in [3.63, 3.8) is 0 Å². The van der Waals surface area contributed by atoms with E-state index in [4.69, 9.17) is 9.47 Å². The lowest BCUT2D eigenvalue weighted by Gasteiger charge is -2.27. The first-order valence-electron chi connectivity index (χ1n) is 7.24. The summed E-state index contributed by atoms with van der Waals surface area (Å²) in [5.74, 6) is 0.196. The lowest BCUT2D eigenvalue weighted by Crippen LogP contribution is -2.44. The molecule has 2 atom stereocenters. The van der Waals surface area contributed by atoms with Crippen molar-refractivity contribution >= 4 is 11.6 Å². The van der Waals surface area contributed by atoms with Crippen LogP contribution in [0.15, 0.2) is 23.8 Å². The van der Waals surface area contributed by atoms with Gasteiger partial charge in [0.2, 0.25) is 0 Å². The van der Waals surface area contributed by atoms with E-state index in [1.807, 2.05) is 17.9 Å². The number of carbonyl (C=O) groups excluding carboxylic acids is 1. The van der Waals surface area contributed by atoms with Gasteiger partial charge in [0.25, 0.3) is 5.91 Å². The van der Waals surface area contributed by atoms with Crippen LogP contribution in [0.1, 0.15) is 23.7 Å². The van der Waals surface area contributed by atoms with Crippen LogP contribution in [0.2, 0.25) is 0 Å². The number of aromatic hydroxyl groups is 1. The van der Waals surface area contributed by atoms with Crippen LogP contribution >= 0.6 is 0 Å². The zero-order valence-electron chi connectivity index (χ0n) is 12.9. The molecule has 2 heterocycles. The van der Waals surface area contributed by atoms with E-state index in [0.717, 1.165) is 6.42 Å². The molecule has 0 aromatic heterocycles. The van der Waals surface area contributed by atoms with Crippen molar-refractivity contribution in [1.82, 2.24) is 4.90 Å². The molecular weight excluding hydrogens is 284 g/mol. The third-order valence-electron chi connectivity index (χ3n) is 4.36. The van der Waals surface area contributed by atoms with Gasteiger partial charge in [-0.2, -0.15) is 0 Å². The number of methoxy groups -OCH3 is 2. The number of anilines is 1. The Hall–Kier alpha value is -2.21. The van der Waals surface area contributed by atoms with E-state index in [1.54, 1.807) is 13.2 Å². The molecule has 0 saturated carbocycles. The molecule has 1 aromatic rings. The van der Waals surface area contributed by atoms with E-state index < -0.39 is 0 Å². The fourth-order valence-corrected chi connectivity index (χ4v) is 3.13. The third kappa shape index (κ3) is 2.20. The Balaban J connectivity index is 2.09. The molecule has 2 aliphatic heterocycles. The fraction of sp³-hybridized carbons (Fsp3) is 0.438. The maximum absolute atomic E-state index is 12.9. The van der Waals surface area contributed by atoms with Gasteiger partial charge in [0.1, 0.15) is 6.23 Å². The zero-order chi connectivity index (χ0) is 15.9. The first-order chi connectivity index (χ1) is 10.6. The topological polar surface area (TPSA) is 71.0 Å². The highest BCUT2D eigenvalue weighted by Gasteiger charge is 2.41. The number of nitrogens with zero attached hydrogens (tertiary/aromatic N) is 1. The van der Waals surface area contributed by atoms with Crippen molar-refractivity contribution in [2.75, 3.05) is 26.1 Å². The number of nitrogens with one attached hydrogen (secondary N) is 1. The lowest BCUT2D eigenvalue weighted by molar-refractivity contribution is 0.0420. The average molecular weight is 304 g/mol. The lowest BCUT2D eigenvalue weighted by atomic mass is 10.1.